The van der Waals surface area contributed by atoms with Crippen molar-refractivity contribution in [3.05, 3.63) is 48.6 Å². The molecule has 0 aromatic heterocycles. The number of ether oxygens (including phenoxy) is 6. The van der Waals surface area contributed by atoms with Crippen LogP contribution in [0.5, 0.6) is 0 Å². The molecule has 0 aromatic carbocycles. The van der Waals surface area contributed by atoms with E-state index in [1.807, 2.05) is 0 Å². The van der Waals surface area contributed by atoms with Crippen molar-refractivity contribution in [3.63, 3.8) is 0 Å². The van der Waals surface area contributed by atoms with Crippen LogP contribution in [-0.4, -0.2) is 142 Å². The Morgan fingerprint density at radius 1 is 0.453 bits per heavy atom. The fourth-order valence-electron chi connectivity index (χ4n) is 9.47. The number of aliphatic hydroxyl groups is 7. The van der Waals surface area contributed by atoms with E-state index in [0.717, 1.165) is 64.2 Å². The molecule has 2 aliphatic rings. The second kappa shape index (κ2) is 47.9. The first-order valence-corrected chi connectivity index (χ1v) is 30.2. The predicted molar refractivity (Wildman–Crippen MR) is 298 cm³/mol. The Kier molecular flexibility index (Phi) is 44.1. The van der Waals surface area contributed by atoms with Crippen molar-refractivity contribution < 1.29 is 69.0 Å². The lowest BCUT2D eigenvalue weighted by Crippen LogP contribution is -2.61. The summed E-state index contributed by atoms with van der Waals surface area (Å²) < 4.78 is 34.4. The first-order chi connectivity index (χ1) is 36.6. The molecule has 2 saturated heterocycles. The lowest BCUT2D eigenvalue weighted by molar-refractivity contribution is -0.332. The molecule has 7 N–H and O–H groups in total. The number of carbonyl (C=O) groups excluding carboxylic acids is 1. The van der Waals surface area contributed by atoms with Gasteiger partial charge >= 0.3 is 5.97 Å². The molecular weight excluding hydrogens is 957 g/mol. The van der Waals surface area contributed by atoms with E-state index in [1.54, 1.807) is 0 Å². The van der Waals surface area contributed by atoms with Crippen molar-refractivity contribution in [1.29, 1.82) is 0 Å². The SMILES string of the molecule is CC/C=C\C/C=C\C/C=C\CCCCCCCCCC(=O)OC(COCCCCCCCCCCCCCC/C=C\CCCCCCCCCC)COC1OC(COC2OC(CO)C(O)C(O)C2O)C(O)C(O)C1O. The highest BCUT2D eigenvalue weighted by Gasteiger charge is 2.47. The van der Waals surface area contributed by atoms with Crippen molar-refractivity contribution in [2.45, 2.75) is 300 Å². The molecule has 2 aliphatic heterocycles. The fraction of sp³-hybridized carbons (Fsp3) is 0.852. The number of allylic oxidation sites excluding steroid dienone is 8. The monoisotopic (exact) mass is 1070 g/mol. The molecule has 2 heterocycles. The molecule has 0 spiro atoms. The molecule has 0 aromatic rings. The van der Waals surface area contributed by atoms with Crippen LogP contribution in [0.15, 0.2) is 48.6 Å². The van der Waals surface area contributed by atoms with Gasteiger partial charge in [0.2, 0.25) is 0 Å². The molecule has 0 amide bonds. The number of carbonyl (C=O) groups is 1. The van der Waals surface area contributed by atoms with Gasteiger partial charge in [0.25, 0.3) is 0 Å². The molecule has 0 bridgehead atoms. The molecule has 75 heavy (non-hydrogen) atoms. The number of hydrogen-bond acceptors (Lipinski definition) is 14. The standard InChI is InChI=1S/C61H110O14/c1-3-5-7-9-11-13-15-17-19-21-22-23-24-25-26-27-29-31-33-35-37-39-41-43-45-70-47-50(73-53(63)44-42-40-38-36-34-32-30-28-20-18-16-14-12-10-8-6-4-2)48-71-60-59(69)57(67)55(65)52(75-60)49-72-61-58(68)56(66)54(64)51(46-62)74-61/h6,8,12,14,18,20-22,50-52,54-62,64-69H,3-5,7,9-11,13,15-17,19,23-49H2,1-2H3/b8-6-,14-12-,20-18-,22-21-. The first kappa shape index (κ1) is 69.1. The van der Waals surface area contributed by atoms with Gasteiger partial charge in [-0.2, -0.15) is 0 Å². The van der Waals surface area contributed by atoms with Gasteiger partial charge in [-0.1, -0.05) is 204 Å². The maximum absolute atomic E-state index is 13.1. The van der Waals surface area contributed by atoms with Crippen molar-refractivity contribution >= 4 is 5.97 Å². The Morgan fingerprint density at radius 3 is 1.37 bits per heavy atom. The van der Waals surface area contributed by atoms with Crippen LogP contribution in [0, 0.1) is 0 Å². The molecule has 438 valence electrons. The van der Waals surface area contributed by atoms with Crippen LogP contribution >= 0.6 is 0 Å². The van der Waals surface area contributed by atoms with Crippen molar-refractivity contribution in [3.8, 4) is 0 Å². The van der Waals surface area contributed by atoms with Crippen LogP contribution in [0.2, 0.25) is 0 Å². The highest BCUT2D eigenvalue weighted by atomic mass is 16.7. The van der Waals surface area contributed by atoms with E-state index in [0.29, 0.717) is 13.0 Å². The Hall–Kier alpha value is -2.05. The van der Waals surface area contributed by atoms with E-state index >= 15 is 0 Å². The molecular formula is C61H110O14. The zero-order chi connectivity index (χ0) is 54.4. The van der Waals surface area contributed by atoms with Gasteiger partial charge in [-0.15, -0.1) is 0 Å². The van der Waals surface area contributed by atoms with Crippen molar-refractivity contribution in [2.75, 3.05) is 33.0 Å². The summed E-state index contributed by atoms with van der Waals surface area (Å²) in [5, 5.41) is 72.4. The van der Waals surface area contributed by atoms with E-state index in [1.165, 1.54) is 141 Å². The Balaban J connectivity index is 1.69. The maximum Gasteiger partial charge on any atom is 0.306 e. The average molecular weight is 1070 g/mol. The van der Waals surface area contributed by atoms with Crippen LogP contribution in [0.4, 0.5) is 0 Å². The minimum absolute atomic E-state index is 0.0575. The highest BCUT2D eigenvalue weighted by molar-refractivity contribution is 5.69. The minimum atomic E-state index is -1.71. The number of unbranched alkanes of at least 4 members (excludes halogenated alkanes) is 27. The minimum Gasteiger partial charge on any atom is -0.457 e. The molecule has 2 fully saturated rings. The topological polar surface area (TPSA) is 214 Å². The van der Waals surface area contributed by atoms with Gasteiger partial charge in [0.05, 0.1) is 26.4 Å². The van der Waals surface area contributed by atoms with Gasteiger partial charge in [-0.25, -0.2) is 0 Å². The lowest BCUT2D eigenvalue weighted by atomic mass is 9.98. The number of rotatable bonds is 49. The van der Waals surface area contributed by atoms with Gasteiger partial charge in [0.15, 0.2) is 12.6 Å². The summed E-state index contributed by atoms with van der Waals surface area (Å²) in [5.74, 6) is -0.384. The lowest BCUT2D eigenvalue weighted by Gasteiger charge is -2.42. The smallest absolute Gasteiger partial charge is 0.306 e. The third-order valence-electron chi connectivity index (χ3n) is 14.3. The summed E-state index contributed by atoms with van der Waals surface area (Å²) in [6.45, 7) is 3.59. The molecule has 11 atom stereocenters. The zero-order valence-corrected chi connectivity index (χ0v) is 47.0. The third kappa shape index (κ3) is 34.5. The highest BCUT2D eigenvalue weighted by Crippen LogP contribution is 2.27. The van der Waals surface area contributed by atoms with E-state index in [9.17, 15) is 40.5 Å². The van der Waals surface area contributed by atoms with E-state index in [-0.39, 0.29) is 25.6 Å². The Labute approximate surface area is 454 Å². The summed E-state index contributed by atoms with van der Waals surface area (Å²) in [6, 6.07) is 0. The first-order valence-electron chi connectivity index (χ1n) is 30.2. The third-order valence-corrected chi connectivity index (χ3v) is 14.3. The number of esters is 1. The van der Waals surface area contributed by atoms with E-state index in [2.05, 4.69) is 62.5 Å². The summed E-state index contributed by atoms with van der Waals surface area (Å²) in [7, 11) is 0. The molecule has 0 aliphatic carbocycles. The van der Waals surface area contributed by atoms with E-state index in [4.69, 9.17) is 28.4 Å². The zero-order valence-electron chi connectivity index (χ0n) is 47.0. The quantitative estimate of drug-likeness (QED) is 0.0172. The van der Waals surface area contributed by atoms with Crippen molar-refractivity contribution in [1.82, 2.24) is 0 Å². The van der Waals surface area contributed by atoms with Crippen LogP contribution in [0.3, 0.4) is 0 Å². The summed E-state index contributed by atoms with van der Waals surface area (Å²) in [5.41, 5.74) is 0. The van der Waals surface area contributed by atoms with Crippen LogP contribution in [0.25, 0.3) is 0 Å². The van der Waals surface area contributed by atoms with E-state index < -0.39 is 80.7 Å². The Morgan fingerprint density at radius 2 is 0.867 bits per heavy atom. The van der Waals surface area contributed by atoms with Gasteiger partial charge < -0.3 is 64.2 Å². The molecule has 14 nitrogen and oxygen atoms in total. The summed E-state index contributed by atoms with van der Waals surface area (Å²) >= 11 is 0. The molecule has 14 heteroatoms. The van der Waals surface area contributed by atoms with Crippen molar-refractivity contribution in [2.24, 2.45) is 0 Å². The molecule has 0 radical (unpaired) electrons. The normalized spacial score (nSPS) is 24.9. The predicted octanol–water partition coefficient (Wildman–Crippen LogP) is 11.1. The summed E-state index contributed by atoms with van der Waals surface area (Å²) in [6.07, 6.45) is 41.8. The Bertz CT molecular complexity index is 1420. The molecule has 0 saturated carbocycles. The van der Waals surface area contributed by atoms with Crippen LogP contribution in [-0.2, 0) is 33.2 Å². The molecule has 11 unspecified atom stereocenters. The van der Waals surface area contributed by atoms with Crippen LogP contribution in [0.1, 0.15) is 232 Å². The second-order valence-electron chi connectivity index (χ2n) is 21.1. The average Bonchev–Trinajstić information content (AvgIpc) is 3.41. The second-order valence-corrected chi connectivity index (χ2v) is 21.1. The summed E-state index contributed by atoms with van der Waals surface area (Å²) in [4.78, 5) is 13.1. The van der Waals surface area contributed by atoms with Gasteiger partial charge in [0, 0.05) is 13.0 Å². The maximum atomic E-state index is 13.1. The van der Waals surface area contributed by atoms with Gasteiger partial charge in [-0.05, 0) is 70.6 Å². The van der Waals surface area contributed by atoms with Gasteiger partial charge in [-0.3, -0.25) is 4.79 Å². The number of aliphatic hydroxyl groups excluding tert-OH is 7. The van der Waals surface area contributed by atoms with Crippen LogP contribution < -0.4 is 0 Å². The fourth-order valence-corrected chi connectivity index (χ4v) is 9.47. The number of hydrogen-bond donors (Lipinski definition) is 7. The molecule has 2 rings (SSSR count). The largest absolute Gasteiger partial charge is 0.457 e. The van der Waals surface area contributed by atoms with Gasteiger partial charge in [0.1, 0.15) is 54.9 Å².